The summed E-state index contributed by atoms with van der Waals surface area (Å²) < 4.78 is 31.4. The van der Waals surface area contributed by atoms with Crippen molar-refractivity contribution >= 4 is 25.1 Å². The number of aliphatic hydroxyl groups excluding tert-OH is 2. The van der Waals surface area contributed by atoms with Gasteiger partial charge < -0.3 is 30.3 Å². The van der Waals surface area contributed by atoms with E-state index in [4.69, 9.17) is 19.5 Å². The second-order valence-electron chi connectivity index (χ2n) is 8.04. The number of rotatable bonds is 9. The molecule has 1 aromatic carbocycles. The lowest BCUT2D eigenvalue weighted by Gasteiger charge is -2.28. The van der Waals surface area contributed by atoms with Crippen LogP contribution in [0.3, 0.4) is 0 Å². The highest BCUT2D eigenvalue weighted by molar-refractivity contribution is 7.52. The predicted octanol–water partition coefficient (Wildman–Crippen LogP) is 0.633. The Morgan fingerprint density at radius 1 is 1.36 bits per heavy atom. The first-order valence-corrected chi connectivity index (χ1v) is 12.2. The highest BCUT2D eigenvalue weighted by atomic mass is 31.2. The van der Waals surface area contributed by atoms with Gasteiger partial charge in [-0.05, 0) is 31.2 Å². The van der Waals surface area contributed by atoms with Crippen molar-refractivity contribution in [1.29, 1.82) is 5.26 Å². The van der Waals surface area contributed by atoms with Crippen molar-refractivity contribution in [1.82, 2.24) is 19.7 Å². The summed E-state index contributed by atoms with van der Waals surface area (Å²) in [6.45, 7) is 0.376. The molecule has 1 unspecified atom stereocenters. The largest absolute Gasteiger partial charge is 0.480 e. The second kappa shape index (κ2) is 9.82. The monoisotopic (exact) mass is 518 g/mol. The second-order valence-corrected chi connectivity index (χ2v) is 9.73. The number of anilines is 1. The molecule has 15 heteroatoms. The summed E-state index contributed by atoms with van der Waals surface area (Å²) in [7, 11) is -4.43. The van der Waals surface area contributed by atoms with E-state index in [2.05, 4.69) is 15.2 Å². The number of aliphatic carboxylic acids is 1. The van der Waals surface area contributed by atoms with Crippen molar-refractivity contribution in [3.8, 4) is 11.8 Å². The molecular weight excluding hydrogens is 495 g/mol. The summed E-state index contributed by atoms with van der Waals surface area (Å²) >= 11 is 0. The fraction of sp³-hybridized carbons (Fsp3) is 0.333. The zero-order valence-electron chi connectivity index (χ0n) is 18.8. The number of aliphatic hydroxyl groups is 2. The molecule has 190 valence electrons. The van der Waals surface area contributed by atoms with E-state index in [1.54, 1.807) is 30.3 Å². The molecule has 14 nitrogen and oxygen atoms in total. The van der Waals surface area contributed by atoms with Crippen LogP contribution in [0.2, 0.25) is 0 Å². The first kappa shape index (κ1) is 25.5. The van der Waals surface area contributed by atoms with Crippen LogP contribution in [-0.2, 0) is 18.6 Å². The van der Waals surface area contributed by atoms with Gasteiger partial charge in [-0.2, -0.15) is 15.4 Å². The first-order chi connectivity index (χ1) is 17.1. The van der Waals surface area contributed by atoms with Gasteiger partial charge in [-0.25, -0.2) is 14.1 Å². The maximum Gasteiger partial charge on any atom is 0.459 e. The van der Waals surface area contributed by atoms with Gasteiger partial charge in [-0.15, -0.1) is 0 Å². The first-order valence-electron chi connectivity index (χ1n) is 10.6. The Balaban J connectivity index is 1.61. The number of hydrogen-bond acceptors (Lipinski definition) is 11. The van der Waals surface area contributed by atoms with E-state index in [-0.39, 0.29) is 17.3 Å². The Hall–Kier alpha value is -3.57. The van der Waals surface area contributed by atoms with E-state index in [0.717, 1.165) is 0 Å². The number of carbonyl (C=O) groups is 1. The molecule has 0 bridgehead atoms. The van der Waals surface area contributed by atoms with Crippen LogP contribution in [0.4, 0.5) is 5.82 Å². The molecule has 4 rings (SSSR count). The number of nitrogen functional groups attached to an aromatic ring is 1. The standard InChI is InChI=1S/C21H23N6O8P/c1-12(20(30)31)26-36(32,35-13-5-3-2-4-6-13)33-10-21(9-22)18(29)16(28)17(34-21)14-7-8-15-19(23)24-11-25-27(14)15/h2-8,11-12,16-18,28-29H,10H2,1H3,(H,26,32)(H,30,31)(H2,23,24,25)/t12-,16-,17-,18-,21+,36?/m0/s1. The van der Waals surface area contributed by atoms with Gasteiger partial charge in [0.25, 0.3) is 0 Å². The van der Waals surface area contributed by atoms with Gasteiger partial charge in [-0.1, -0.05) is 18.2 Å². The van der Waals surface area contributed by atoms with Crippen LogP contribution in [0.25, 0.3) is 5.52 Å². The molecule has 0 aliphatic carbocycles. The van der Waals surface area contributed by atoms with Gasteiger partial charge in [0.15, 0.2) is 5.82 Å². The molecule has 6 atom stereocenters. The van der Waals surface area contributed by atoms with Crippen LogP contribution in [-0.4, -0.2) is 66.3 Å². The van der Waals surface area contributed by atoms with Crippen LogP contribution < -0.4 is 15.3 Å². The van der Waals surface area contributed by atoms with Crippen molar-refractivity contribution in [2.75, 3.05) is 12.3 Å². The molecule has 1 aliphatic rings. The number of aromatic nitrogens is 3. The van der Waals surface area contributed by atoms with Gasteiger partial charge in [0, 0.05) is 0 Å². The third kappa shape index (κ3) is 4.76. The average Bonchev–Trinajstić information content (AvgIpc) is 3.39. The number of ether oxygens (including phenoxy) is 1. The van der Waals surface area contributed by atoms with Gasteiger partial charge in [0.1, 0.15) is 54.6 Å². The molecule has 0 spiro atoms. The highest BCUT2D eigenvalue weighted by Gasteiger charge is 2.57. The average molecular weight is 518 g/mol. The Morgan fingerprint density at radius 3 is 2.75 bits per heavy atom. The van der Waals surface area contributed by atoms with Crippen molar-refractivity contribution < 1.29 is 38.5 Å². The number of carboxylic acids is 1. The molecular formula is C21H23N6O8P. The minimum Gasteiger partial charge on any atom is -0.480 e. The molecule has 0 radical (unpaired) electrons. The van der Waals surface area contributed by atoms with Crippen LogP contribution in [0.15, 0.2) is 48.8 Å². The molecule has 6 N–H and O–H groups in total. The number of carboxylic acid groups (broad SMARTS) is 1. The van der Waals surface area contributed by atoms with Crippen LogP contribution in [0.5, 0.6) is 5.75 Å². The number of nitrogens with one attached hydrogen (secondary N) is 1. The smallest absolute Gasteiger partial charge is 0.459 e. The van der Waals surface area contributed by atoms with Crippen LogP contribution >= 0.6 is 7.75 Å². The molecule has 2 aromatic heterocycles. The third-order valence-corrected chi connectivity index (χ3v) is 7.20. The Morgan fingerprint density at radius 2 is 2.08 bits per heavy atom. The van der Waals surface area contributed by atoms with Gasteiger partial charge in [-0.3, -0.25) is 9.32 Å². The lowest BCUT2D eigenvalue weighted by atomic mass is 9.96. The number of nitrogens with zero attached hydrogens (tertiary/aromatic N) is 4. The van der Waals surface area contributed by atoms with E-state index in [1.807, 2.05) is 0 Å². The van der Waals surface area contributed by atoms with Gasteiger partial charge in [0.05, 0.1) is 5.69 Å². The van der Waals surface area contributed by atoms with Crippen LogP contribution in [0.1, 0.15) is 18.7 Å². The fourth-order valence-electron chi connectivity index (χ4n) is 3.66. The van der Waals surface area contributed by atoms with E-state index < -0.39 is 50.3 Å². The molecule has 3 aromatic rings. The van der Waals surface area contributed by atoms with Crippen molar-refractivity contribution in [3.05, 3.63) is 54.5 Å². The van der Waals surface area contributed by atoms with Gasteiger partial charge >= 0.3 is 13.7 Å². The number of benzene rings is 1. The zero-order chi connectivity index (χ0) is 26.1. The summed E-state index contributed by atoms with van der Waals surface area (Å²) in [5.74, 6) is -1.07. The lowest BCUT2D eigenvalue weighted by molar-refractivity contribution is -0.138. The maximum atomic E-state index is 13.5. The predicted molar refractivity (Wildman–Crippen MR) is 122 cm³/mol. The summed E-state index contributed by atoms with van der Waals surface area (Å²) in [6.07, 6.45) is -3.47. The minimum absolute atomic E-state index is 0.0969. The maximum absolute atomic E-state index is 13.5. The van der Waals surface area contributed by atoms with E-state index in [9.17, 15) is 29.9 Å². The SMILES string of the molecule is C[C@H](NP(=O)(OC[C@@]1(C#N)O[C@@H](c2ccc3c(N)ncnn23)[C@H](O)[C@@H]1O)Oc1ccccc1)C(=O)O. The normalized spacial score (nSPS) is 26.2. The molecule has 1 aliphatic heterocycles. The summed E-state index contributed by atoms with van der Waals surface area (Å²) in [5, 5.41) is 47.0. The number of hydrogen-bond donors (Lipinski definition) is 5. The van der Waals surface area contributed by atoms with Crippen molar-refractivity contribution in [3.63, 3.8) is 0 Å². The number of para-hydroxylation sites is 1. The Bertz CT molecular complexity index is 1350. The molecule has 0 saturated carbocycles. The molecule has 3 heterocycles. The Labute approximate surface area is 204 Å². The quantitative estimate of drug-likeness (QED) is 0.246. The van der Waals surface area contributed by atoms with Crippen molar-refractivity contribution in [2.24, 2.45) is 0 Å². The lowest BCUT2D eigenvalue weighted by Crippen LogP contribution is -2.46. The summed E-state index contributed by atoms with van der Waals surface area (Å²) in [5.41, 5.74) is 4.32. The highest BCUT2D eigenvalue weighted by Crippen LogP contribution is 2.48. The number of fused-ring (bicyclic) bond motifs is 1. The molecule has 1 saturated heterocycles. The van der Waals surface area contributed by atoms with E-state index in [1.165, 1.54) is 36.0 Å². The van der Waals surface area contributed by atoms with Crippen molar-refractivity contribution in [2.45, 2.75) is 36.9 Å². The van der Waals surface area contributed by atoms with E-state index >= 15 is 0 Å². The van der Waals surface area contributed by atoms with E-state index in [0.29, 0.717) is 5.52 Å². The summed E-state index contributed by atoms with van der Waals surface area (Å²) in [4.78, 5) is 15.2. The zero-order valence-corrected chi connectivity index (χ0v) is 19.7. The number of nitriles is 1. The topological polar surface area (TPSA) is 215 Å². The number of nitrogens with two attached hydrogens (primary N) is 1. The fourth-order valence-corrected chi connectivity index (χ4v) is 5.18. The third-order valence-electron chi connectivity index (χ3n) is 5.58. The Kier molecular flexibility index (Phi) is 6.96. The van der Waals surface area contributed by atoms with Gasteiger partial charge in [0.2, 0.25) is 5.60 Å². The summed E-state index contributed by atoms with van der Waals surface area (Å²) in [6, 6.07) is 11.3. The molecule has 1 fully saturated rings. The minimum atomic E-state index is -4.43. The molecule has 0 amide bonds. The van der Waals surface area contributed by atoms with Crippen LogP contribution in [0, 0.1) is 11.3 Å². The molecule has 36 heavy (non-hydrogen) atoms.